The molecular weight excluding hydrogens is 308 g/mol. The summed E-state index contributed by atoms with van der Waals surface area (Å²) in [6, 6.07) is 4.18. The molecule has 0 atom stereocenters. The van der Waals surface area contributed by atoms with Gasteiger partial charge in [-0.1, -0.05) is 6.92 Å². The number of nitrogens with zero attached hydrogens (tertiary/aromatic N) is 1. The number of aromatic nitrogens is 1. The molecule has 0 saturated heterocycles. The van der Waals surface area contributed by atoms with E-state index in [2.05, 4.69) is 29.4 Å². The third-order valence-electron chi connectivity index (χ3n) is 2.68. The van der Waals surface area contributed by atoms with Crippen molar-refractivity contribution >= 4 is 33.7 Å². The Morgan fingerprint density at radius 3 is 2.95 bits per heavy atom. The third kappa shape index (κ3) is 4.89. The SMILES string of the molecule is CCc1ccc(-c2csc(NC(=O)COCCOC)n2)s1. The average molecular weight is 326 g/mol. The number of nitrogens with one attached hydrogen (secondary N) is 1. The van der Waals surface area contributed by atoms with E-state index in [-0.39, 0.29) is 12.5 Å². The molecule has 7 heteroatoms. The highest BCUT2D eigenvalue weighted by Gasteiger charge is 2.09. The first-order valence-electron chi connectivity index (χ1n) is 6.64. The minimum Gasteiger partial charge on any atom is -0.382 e. The quantitative estimate of drug-likeness (QED) is 0.758. The summed E-state index contributed by atoms with van der Waals surface area (Å²) in [5, 5.41) is 5.28. The molecule has 0 aliphatic heterocycles. The number of thiophene rings is 1. The van der Waals surface area contributed by atoms with Crippen molar-refractivity contribution in [2.45, 2.75) is 13.3 Å². The van der Waals surface area contributed by atoms with Crippen LogP contribution in [0.2, 0.25) is 0 Å². The van der Waals surface area contributed by atoms with Gasteiger partial charge in [0.15, 0.2) is 5.13 Å². The van der Waals surface area contributed by atoms with Crippen LogP contribution in [0.1, 0.15) is 11.8 Å². The lowest BCUT2D eigenvalue weighted by molar-refractivity contribution is -0.121. The highest BCUT2D eigenvalue weighted by Crippen LogP contribution is 2.30. The fraction of sp³-hybridized carbons (Fsp3) is 0.429. The summed E-state index contributed by atoms with van der Waals surface area (Å²) in [6.07, 6.45) is 1.03. The Kier molecular flexibility index (Phi) is 6.31. The van der Waals surface area contributed by atoms with Gasteiger partial charge in [-0.05, 0) is 18.6 Å². The molecule has 2 aromatic rings. The number of hydrogen-bond donors (Lipinski definition) is 1. The van der Waals surface area contributed by atoms with E-state index in [4.69, 9.17) is 9.47 Å². The van der Waals surface area contributed by atoms with Crippen LogP contribution in [0.5, 0.6) is 0 Å². The Hall–Kier alpha value is -1.28. The predicted octanol–water partition coefficient (Wildman–Crippen LogP) is 3.04. The molecule has 21 heavy (non-hydrogen) atoms. The molecule has 2 heterocycles. The van der Waals surface area contributed by atoms with Crippen molar-refractivity contribution in [2.24, 2.45) is 0 Å². The summed E-state index contributed by atoms with van der Waals surface area (Å²) in [5.41, 5.74) is 0.903. The summed E-state index contributed by atoms with van der Waals surface area (Å²) >= 11 is 3.15. The molecule has 0 aliphatic carbocycles. The van der Waals surface area contributed by atoms with E-state index < -0.39 is 0 Å². The molecule has 5 nitrogen and oxygen atoms in total. The monoisotopic (exact) mass is 326 g/mol. The predicted molar refractivity (Wildman–Crippen MR) is 86.1 cm³/mol. The molecule has 0 saturated carbocycles. The van der Waals surface area contributed by atoms with Crippen molar-refractivity contribution in [2.75, 3.05) is 32.2 Å². The number of thiazole rings is 1. The van der Waals surface area contributed by atoms with Crippen LogP contribution < -0.4 is 5.32 Å². The first kappa shape index (κ1) is 16.1. The van der Waals surface area contributed by atoms with Crippen LogP contribution in [-0.4, -0.2) is 37.8 Å². The van der Waals surface area contributed by atoms with Crippen LogP contribution in [0.3, 0.4) is 0 Å². The largest absolute Gasteiger partial charge is 0.382 e. The molecule has 2 rings (SSSR count). The maximum Gasteiger partial charge on any atom is 0.252 e. The van der Waals surface area contributed by atoms with E-state index in [0.29, 0.717) is 18.3 Å². The van der Waals surface area contributed by atoms with E-state index in [1.54, 1.807) is 18.4 Å². The van der Waals surface area contributed by atoms with Gasteiger partial charge in [0.2, 0.25) is 0 Å². The van der Waals surface area contributed by atoms with Gasteiger partial charge >= 0.3 is 0 Å². The number of carbonyl (C=O) groups is 1. The summed E-state index contributed by atoms with van der Waals surface area (Å²) in [4.78, 5) is 18.5. The first-order valence-corrected chi connectivity index (χ1v) is 8.33. The second-order valence-electron chi connectivity index (χ2n) is 4.25. The normalized spacial score (nSPS) is 10.8. The lowest BCUT2D eigenvalue weighted by Gasteiger charge is -2.03. The van der Waals surface area contributed by atoms with E-state index in [1.807, 2.05) is 5.38 Å². The minimum atomic E-state index is -0.201. The zero-order valence-corrected chi connectivity index (χ0v) is 13.7. The molecular formula is C14H18N2O3S2. The number of carbonyl (C=O) groups excluding carboxylic acids is 1. The van der Waals surface area contributed by atoms with Crippen molar-refractivity contribution in [3.8, 4) is 10.6 Å². The van der Waals surface area contributed by atoms with E-state index >= 15 is 0 Å². The van der Waals surface area contributed by atoms with Gasteiger partial charge in [-0.3, -0.25) is 10.1 Å². The molecule has 0 radical (unpaired) electrons. The van der Waals surface area contributed by atoms with Crippen LogP contribution in [0.25, 0.3) is 10.6 Å². The smallest absolute Gasteiger partial charge is 0.252 e. The molecule has 0 aromatic carbocycles. The Labute approximate surface area is 131 Å². The number of aryl methyl sites for hydroxylation is 1. The topological polar surface area (TPSA) is 60.5 Å². The third-order valence-corrected chi connectivity index (χ3v) is 4.69. The summed E-state index contributed by atoms with van der Waals surface area (Å²) in [6.45, 7) is 3.03. The summed E-state index contributed by atoms with van der Waals surface area (Å²) in [7, 11) is 1.59. The van der Waals surface area contributed by atoms with Crippen molar-refractivity contribution in [1.29, 1.82) is 0 Å². The maximum atomic E-state index is 11.7. The number of anilines is 1. The molecule has 0 aliphatic rings. The minimum absolute atomic E-state index is 0.0112. The van der Waals surface area contributed by atoms with Crippen molar-refractivity contribution in [1.82, 2.24) is 4.98 Å². The number of amides is 1. The van der Waals surface area contributed by atoms with Crippen molar-refractivity contribution in [3.63, 3.8) is 0 Å². The summed E-state index contributed by atoms with van der Waals surface area (Å²) < 4.78 is 10.00. The van der Waals surface area contributed by atoms with Crippen molar-refractivity contribution < 1.29 is 14.3 Å². The van der Waals surface area contributed by atoms with Crippen LogP contribution >= 0.6 is 22.7 Å². The lowest BCUT2D eigenvalue weighted by Crippen LogP contribution is -2.19. The van der Waals surface area contributed by atoms with Gasteiger partial charge in [0.05, 0.1) is 23.8 Å². The molecule has 1 N–H and O–H groups in total. The van der Waals surface area contributed by atoms with Gasteiger partial charge in [0, 0.05) is 17.4 Å². The van der Waals surface area contributed by atoms with E-state index in [9.17, 15) is 4.79 Å². The van der Waals surface area contributed by atoms with E-state index in [1.165, 1.54) is 16.2 Å². The molecule has 2 aromatic heterocycles. The fourth-order valence-corrected chi connectivity index (χ4v) is 3.32. The van der Waals surface area contributed by atoms with Crippen LogP contribution in [0.15, 0.2) is 17.5 Å². The second-order valence-corrected chi connectivity index (χ2v) is 6.28. The highest BCUT2D eigenvalue weighted by atomic mass is 32.1. The Morgan fingerprint density at radius 2 is 2.24 bits per heavy atom. The van der Waals surface area contributed by atoms with Gasteiger partial charge in [-0.25, -0.2) is 4.98 Å². The second kappa shape index (κ2) is 8.23. The Bertz CT molecular complexity index is 580. The van der Waals surface area contributed by atoms with Crippen LogP contribution in [-0.2, 0) is 20.7 Å². The van der Waals surface area contributed by atoms with Crippen LogP contribution in [0, 0.1) is 0 Å². The molecule has 0 fully saturated rings. The highest BCUT2D eigenvalue weighted by molar-refractivity contribution is 7.17. The number of methoxy groups -OCH3 is 1. The number of hydrogen-bond acceptors (Lipinski definition) is 6. The molecule has 1 amide bonds. The summed E-state index contributed by atoms with van der Waals surface area (Å²) in [5.74, 6) is -0.201. The molecule has 114 valence electrons. The zero-order chi connectivity index (χ0) is 15.1. The first-order chi connectivity index (χ1) is 10.2. The average Bonchev–Trinajstić information content (AvgIpc) is 3.12. The Balaban J connectivity index is 1.86. The van der Waals surface area contributed by atoms with E-state index in [0.717, 1.165) is 17.0 Å². The number of ether oxygens (including phenoxy) is 2. The maximum absolute atomic E-state index is 11.7. The standard InChI is InChI=1S/C14H18N2O3S2/c1-3-10-4-5-12(21-10)11-9-20-14(15-11)16-13(17)8-19-7-6-18-2/h4-5,9H,3,6-8H2,1-2H3,(H,15,16,17). The van der Waals surface area contributed by atoms with Gasteiger partial charge in [0.25, 0.3) is 5.91 Å². The molecule has 0 spiro atoms. The zero-order valence-electron chi connectivity index (χ0n) is 12.0. The molecule has 0 bridgehead atoms. The van der Waals surface area contributed by atoms with Gasteiger partial charge in [0.1, 0.15) is 6.61 Å². The van der Waals surface area contributed by atoms with Crippen LogP contribution in [0.4, 0.5) is 5.13 Å². The number of rotatable bonds is 8. The molecule has 0 unspecified atom stereocenters. The lowest BCUT2D eigenvalue weighted by atomic mass is 10.3. The van der Waals surface area contributed by atoms with Crippen molar-refractivity contribution in [3.05, 3.63) is 22.4 Å². The fourth-order valence-electron chi connectivity index (χ4n) is 1.61. The van der Waals surface area contributed by atoms with Gasteiger partial charge in [-0.2, -0.15) is 0 Å². The van der Waals surface area contributed by atoms with Gasteiger partial charge < -0.3 is 9.47 Å². The van der Waals surface area contributed by atoms with Gasteiger partial charge in [-0.15, -0.1) is 22.7 Å². The Morgan fingerprint density at radius 1 is 1.38 bits per heavy atom.